The summed E-state index contributed by atoms with van der Waals surface area (Å²) < 4.78 is 0. The van der Waals surface area contributed by atoms with Crippen molar-refractivity contribution < 1.29 is 0 Å². The number of para-hydroxylation sites is 1. The summed E-state index contributed by atoms with van der Waals surface area (Å²) in [7, 11) is 0. The Morgan fingerprint density at radius 2 is 2.08 bits per heavy atom. The molecule has 3 aromatic rings. The zero-order chi connectivity index (χ0) is 16.5. The molecular formula is C18H19ClN6. The number of nitrogen functional groups attached to an aromatic ring is 1. The molecule has 0 bridgehead atoms. The normalized spacial score (nSPS) is 17.0. The Balaban J connectivity index is 0.00000182. The fourth-order valence-electron chi connectivity index (χ4n) is 3.31. The van der Waals surface area contributed by atoms with Gasteiger partial charge in [0.1, 0.15) is 17.5 Å². The summed E-state index contributed by atoms with van der Waals surface area (Å²) >= 11 is 0. The van der Waals surface area contributed by atoms with Gasteiger partial charge < -0.3 is 16.0 Å². The van der Waals surface area contributed by atoms with Gasteiger partial charge in [-0.3, -0.25) is 0 Å². The molecule has 0 radical (unpaired) electrons. The minimum absolute atomic E-state index is 0. The van der Waals surface area contributed by atoms with Crippen LogP contribution in [0.3, 0.4) is 0 Å². The van der Waals surface area contributed by atoms with E-state index in [1.807, 2.05) is 30.3 Å². The number of halogens is 1. The van der Waals surface area contributed by atoms with E-state index >= 15 is 0 Å². The first-order valence-corrected chi connectivity index (χ1v) is 8.12. The fraction of sp³-hybridized carbons (Fsp3) is 0.278. The van der Waals surface area contributed by atoms with E-state index in [1.54, 1.807) is 0 Å². The fourth-order valence-corrected chi connectivity index (χ4v) is 3.31. The van der Waals surface area contributed by atoms with Gasteiger partial charge in [0, 0.05) is 23.4 Å². The summed E-state index contributed by atoms with van der Waals surface area (Å²) in [6.07, 6.45) is 2.07. The number of anilines is 1. The van der Waals surface area contributed by atoms with Gasteiger partial charge in [-0.15, -0.1) is 12.4 Å². The number of rotatable bonds is 2. The van der Waals surface area contributed by atoms with E-state index in [4.69, 9.17) is 10.7 Å². The molecule has 1 atom stereocenters. The van der Waals surface area contributed by atoms with Crippen LogP contribution in [0.2, 0.25) is 0 Å². The highest BCUT2D eigenvalue weighted by atomic mass is 35.5. The monoisotopic (exact) mass is 354 g/mol. The molecule has 0 amide bonds. The molecule has 6 nitrogen and oxygen atoms in total. The summed E-state index contributed by atoms with van der Waals surface area (Å²) in [6.45, 7) is 1.82. The van der Waals surface area contributed by atoms with Crippen molar-refractivity contribution in [2.24, 2.45) is 0 Å². The quantitative estimate of drug-likeness (QED) is 0.656. The van der Waals surface area contributed by atoms with Crippen molar-refractivity contribution in [3.8, 4) is 17.6 Å². The molecule has 3 heterocycles. The highest BCUT2D eigenvalue weighted by Gasteiger charge is 2.23. The van der Waals surface area contributed by atoms with Crippen molar-refractivity contribution in [3.05, 3.63) is 41.6 Å². The van der Waals surface area contributed by atoms with Crippen LogP contribution in [0.25, 0.3) is 22.4 Å². The Hall–Kier alpha value is -2.62. The predicted molar refractivity (Wildman–Crippen MR) is 101 cm³/mol. The van der Waals surface area contributed by atoms with E-state index in [-0.39, 0.29) is 24.1 Å². The lowest BCUT2D eigenvalue weighted by Crippen LogP contribution is -2.29. The highest BCUT2D eigenvalue weighted by Crippen LogP contribution is 2.30. The van der Waals surface area contributed by atoms with Crippen LogP contribution in [0.15, 0.2) is 30.3 Å². The number of nitrogens with one attached hydrogen (secondary N) is 2. The van der Waals surface area contributed by atoms with Gasteiger partial charge in [0.2, 0.25) is 0 Å². The van der Waals surface area contributed by atoms with Crippen LogP contribution in [0, 0.1) is 11.3 Å². The maximum absolute atomic E-state index is 9.47. The molecule has 7 heteroatoms. The summed E-state index contributed by atoms with van der Waals surface area (Å²) in [5, 5.41) is 13.9. The van der Waals surface area contributed by atoms with Crippen LogP contribution in [0.1, 0.15) is 30.0 Å². The number of nitrogens with zero attached hydrogens (tertiary/aromatic N) is 3. The molecule has 1 unspecified atom stereocenters. The first kappa shape index (κ1) is 17.2. The molecule has 1 aliphatic heterocycles. The molecular weight excluding hydrogens is 336 g/mol. The number of hydrogen-bond donors (Lipinski definition) is 3. The molecule has 1 aliphatic rings. The van der Waals surface area contributed by atoms with Gasteiger partial charge in [-0.2, -0.15) is 5.26 Å². The minimum atomic E-state index is 0. The van der Waals surface area contributed by atoms with Crippen molar-refractivity contribution in [1.82, 2.24) is 20.3 Å². The van der Waals surface area contributed by atoms with E-state index in [0.717, 1.165) is 48.2 Å². The maximum Gasteiger partial charge on any atom is 0.178 e. The summed E-state index contributed by atoms with van der Waals surface area (Å²) in [4.78, 5) is 12.4. The topological polar surface area (TPSA) is 103 Å². The third kappa shape index (κ3) is 3.16. The molecule has 1 saturated heterocycles. The van der Waals surface area contributed by atoms with Gasteiger partial charge in [0.05, 0.1) is 11.4 Å². The van der Waals surface area contributed by atoms with E-state index in [9.17, 15) is 5.26 Å². The summed E-state index contributed by atoms with van der Waals surface area (Å²) in [6, 6.07) is 12.2. The van der Waals surface area contributed by atoms with E-state index < -0.39 is 0 Å². The SMILES string of the molecule is Cl.N#Cc1c(N)nc(-c2cc3ccccc3[nH]2)nc1C1CCCNC1. The Bertz CT molecular complexity index is 903. The number of benzene rings is 1. The number of fused-ring (bicyclic) bond motifs is 1. The second-order valence-corrected chi connectivity index (χ2v) is 6.12. The van der Waals surface area contributed by atoms with Crippen molar-refractivity contribution in [3.63, 3.8) is 0 Å². The number of aromatic amines is 1. The minimum Gasteiger partial charge on any atom is -0.382 e. The van der Waals surface area contributed by atoms with Crippen LogP contribution in [-0.4, -0.2) is 28.0 Å². The lowest BCUT2D eigenvalue weighted by atomic mass is 9.93. The number of nitrogens with two attached hydrogens (primary N) is 1. The molecule has 0 spiro atoms. The predicted octanol–water partition coefficient (Wildman–Crippen LogP) is 2.97. The average Bonchev–Trinajstić information content (AvgIpc) is 3.06. The number of piperidine rings is 1. The second kappa shape index (κ2) is 7.09. The van der Waals surface area contributed by atoms with Crippen molar-refractivity contribution in [2.45, 2.75) is 18.8 Å². The summed E-state index contributed by atoms with van der Waals surface area (Å²) in [5.41, 5.74) is 9.07. The van der Waals surface area contributed by atoms with E-state index in [0.29, 0.717) is 11.4 Å². The molecule has 0 saturated carbocycles. The lowest BCUT2D eigenvalue weighted by molar-refractivity contribution is 0.454. The van der Waals surface area contributed by atoms with Crippen LogP contribution in [-0.2, 0) is 0 Å². The Labute approximate surface area is 151 Å². The molecule has 4 N–H and O–H groups in total. The third-order valence-corrected chi connectivity index (χ3v) is 4.53. The van der Waals surface area contributed by atoms with Gasteiger partial charge in [-0.05, 0) is 31.5 Å². The van der Waals surface area contributed by atoms with Crippen LogP contribution in [0.4, 0.5) is 5.82 Å². The van der Waals surface area contributed by atoms with Crippen LogP contribution >= 0.6 is 12.4 Å². The molecule has 4 rings (SSSR count). The molecule has 128 valence electrons. The Morgan fingerprint density at radius 1 is 1.24 bits per heavy atom. The van der Waals surface area contributed by atoms with Crippen molar-refractivity contribution in [2.75, 3.05) is 18.8 Å². The van der Waals surface area contributed by atoms with Crippen molar-refractivity contribution in [1.29, 1.82) is 5.26 Å². The number of nitriles is 1. The molecule has 1 fully saturated rings. The van der Waals surface area contributed by atoms with E-state index in [2.05, 4.69) is 21.4 Å². The molecule has 25 heavy (non-hydrogen) atoms. The Kier molecular flexibility index (Phi) is 4.88. The largest absolute Gasteiger partial charge is 0.382 e. The van der Waals surface area contributed by atoms with Gasteiger partial charge in [0.15, 0.2) is 5.82 Å². The third-order valence-electron chi connectivity index (χ3n) is 4.53. The van der Waals surface area contributed by atoms with Gasteiger partial charge in [-0.1, -0.05) is 18.2 Å². The first-order chi connectivity index (χ1) is 11.8. The van der Waals surface area contributed by atoms with Crippen LogP contribution < -0.4 is 11.1 Å². The number of H-pyrrole nitrogens is 1. The van der Waals surface area contributed by atoms with Gasteiger partial charge >= 0.3 is 0 Å². The summed E-state index contributed by atoms with van der Waals surface area (Å²) in [5.74, 6) is 0.992. The van der Waals surface area contributed by atoms with Crippen molar-refractivity contribution >= 4 is 29.1 Å². The maximum atomic E-state index is 9.47. The van der Waals surface area contributed by atoms with Gasteiger partial charge in [0.25, 0.3) is 0 Å². The molecule has 1 aromatic carbocycles. The number of hydrogen-bond acceptors (Lipinski definition) is 5. The standard InChI is InChI=1S/C18H18N6.ClH/c19-9-13-16(12-5-3-7-21-10-12)23-18(24-17(13)20)15-8-11-4-1-2-6-14(11)22-15;/h1-2,4,6,8,12,21-22H,3,5,7,10H2,(H2,20,23,24);1H. The zero-order valence-electron chi connectivity index (χ0n) is 13.6. The second-order valence-electron chi connectivity index (χ2n) is 6.12. The Morgan fingerprint density at radius 3 is 2.80 bits per heavy atom. The number of aromatic nitrogens is 3. The average molecular weight is 355 g/mol. The molecule has 0 aliphatic carbocycles. The molecule has 2 aromatic heterocycles. The zero-order valence-corrected chi connectivity index (χ0v) is 14.4. The van der Waals surface area contributed by atoms with Crippen LogP contribution in [0.5, 0.6) is 0 Å². The van der Waals surface area contributed by atoms with Gasteiger partial charge in [-0.25, -0.2) is 9.97 Å². The smallest absolute Gasteiger partial charge is 0.178 e. The first-order valence-electron chi connectivity index (χ1n) is 8.12. The van der Waals surface area contributed by atoms with E-state index in [1.165, 1.54) is 0 Å². The lowest BCUT2D eigenvalue weighted by Gasteiger charge is -2.23. The highest BCUT2D eigenvalue weighted by molar-refractivity contribution is 5.85.